The fourth-order valence-corrected chi connectivity index (χ4v) is 5.44. The van der Waals surface area contributed by atoms with Crippen molar-refractivity contribution in [1.82, 2.24) is 9.88 Å². The number of pyridine rings is 1. The average Bonchev–Trinajstić information content (AvgIpc) is 3.03. The normalized spacial score (nSPS) is 17.5. The van der Waals surface area contributed by atoms with Crippen LogP contribution in [0.3, 0.4) is 0 Å². The van der Waals surface area contributed by atoms with Gasteiger partial charge in [-0.25, -0.2) is 0 Å². The van der Waals surface area contributed by atoms with Gasteiger partial charge in [-0.15, -0.1) is 0 Å². The van der Waals surface area contributed by atoms with Crippen molar-refractivity contribution < 1.29 is 9.84 Å². The summed E-state index contributed by atoms with van der Waals surface area (Å²) in [5, 5.41) is 10.3. The lowest BCUT2D eigenvalue weighted by molar-refractivity contribution is 0.216. The number of H-pyrrole nitrogens is 1. The number of ether oxygens (including phenoxy) is 1. The van der Waals surface area contributed by atoms with Crippen LogP contribution in [0.1, 0.15) is 47.4 Å². The van der Waals surface area contributed by atoms with E-state index in [0.717, 1.165) is 66.4 Å². The molecule has 5 nitrogen and oxygen atoms in total. The number of hydrogen-bond acceptors (Lipinski definition) is 4. The molecule has 0 saturated carbocycles. The number of fused-ring (bicyclic) bond motifs is 2. The number of aromatic amines is 1. The molecule has 0 bridgehead atoms. The second-order valence-electron chi connectivity index (χ2n) is 9.38. The lowest BCUT2D eigenvalue weighted by atomic mass is 9.89. The molecule has 0 spiro atoms. The number of halogens is 1. The van der Waals surface area contributed by atoms with Gasteiger partial charge in [-0.1, -0.05) is 41.9 Å². The van der Waals surface area contributed by atoms with Crippen LogP contribution in [0.4, 0.5) is 0 Å². The predicted molar refractivity (Wildman–Crippen MR) is 141 cm³/mol. The van der Waals surface area contributed by atoms with Gasteiger partial charge in [0.1, 0.15) is 5.75 Å². The van der Waals surface area contributed by atoms with Crippen LogP contribution in [-0.2, 0) is 12.8 Å². The van der Waals surface area contributed by atoms with E-state index in [1.807, 2.05) is 30.3 Å². The number of rotatable bonds is 6. The predicted octanol–water partition coefficient (Wildman–Crippen LogP) is 5.56. The zero-order valence-corrected chi connectivity index (χ0v) is 20.6. The summed E-state index contributed by atoms with van der Waals surface area (Å²) >= 11 is 6.04. The first-order valence-corrected chi connectivity index (χ1v) is 12.8. The molecule has 1 fully saturated rings. The average molecular weight is 491 g/mol. The SMILES string of the molecule is O=c1cc[nH]c2c1C(=CCCN1CCC(c3ccc(Cl)cc3)CC1)Cc1c(CCO)cccc1O2. The highest BCUT2D eigenvalue weighted by molar-refractivity contribution is 6.30. The molecule has 0 amide bonds. The monoisotopic (exact) mass is 490 g/mol. The Kier molecular flexibility index (Phi) is 7.37. The highest BCUT2D eigenvalue weighted by Gasteiger charge is 2.24. The minimum atomic E-state index is -0.0368. The maximum Gasteiger partial charge on any atom is 0.208 e. The van der Waals surface area contributed by atoms with E-state index in [1.165, 1.54) is 5.56 Å². The molecule has 2 aliphatic heterocycles. The molecule has 0 atom stereocenters. The van der Waals surface area contributed by atoms with Crippen molar-refractivity contribution in [3.05, 3.63) is 98.3 Å². The Morgan fingerprint density at radius 1 is 1.11 bits per heavy atom. The highest BCUT2D eigenvalue weighted by Crippen LogP contribution is 2.38. The number of nitrogens with zero attached hydrogens (tertiary/aromatic N) is 1. The van der Waals surface area contributed by atoms with Gasteiger partial charge >= 0.3 is 0 Å². The van der Waals surface area contributed by atoms with Gasteiger partial charge in [-0.3, -0.25) is 4.79 Å². The Hall–Kier alpha value is -2.86. The van der Waals surface area contributed by atoms with Crippen LogP contribution < -0.4 is 10.2 Å². The Morgan fingerprint density at radius 3 is 2.69 bits per heavy atom. The van der Waals surface area contributed by atoms with Crippen LogP contribution in [0.25, 0.3) is 5.57 Å². The molecule has 3 aromatic rings. The summed E-state index contributed by atoms with van der Waals surface area (Å²) in [6.45, 7) is 3.18. The molecule has 2 N–H and O–H groups in total. The van der Waals surface area contributed by atoms with E-state index >= 15 is 0 Å². The molecule has 1 saturated heterocycles. The topological polar surface area (TPSA) is 65.6 Å². The van der Waals surface area contributed by atoms with Crippen molar-refractivity contribution in [3.63, 3.8) is 0 Å². The third-order valence-electron chi connectivity index (χ3n) is 7.20. The van der Waals surface area contributed by atoms with Gasteiger partial charge in [0.2, 0.25) is 5.88 Å². The van der Waals surface area contributed by atoms with Crippen LogP contribution >= 0.6 is 11.6 Å². The molecule has 6 heteroatoms. The number of benzene rings is 2. The Morgan fingerprint density at radius 2 is 1.91 bits per heavy atom. The third-order valence-corrected chi connectivity index (χ3v) is 7.45. The Balaban J connectivity index is 1.31. The van der Waals surface area contributed by atoms with E-state index in [4.69, 9.17) is 16.3 Å². The first kappa shape index (κ1) is 23.9. The van der Waals surface area contributed by atoms with Gasteiger partial charge in [0, 0.05) is 42.4 Å². The van der Waals surface area contributed by atoms with Gasteiger partial charge in [-0.2, -0.15) is 0 Å². The van der Waals surface area contributed by atoms with Crippen LogP contribution in [-0.4, -0.2) is 41.2 Å². The fourth-order valence-electron chi connectivity index (χ4n) is 5.32. The van der Waals surface area contributed by atoms with E-state index < -0.39 is 0 Å². The summed E-state index contributed by atoms with van der Waals surface area (Å²) in [5.41, 5.74) is 5.04. The van der Waals surface area contributed by atoms with Crippen molar-refractivity contribution in [1.29, 1.82) is 0 Å². The fraction of sp³-hybridized carbons (Fsp3) is 0.345. The number of nitrogens with one attached hydrogen (secondary N) is 1. The van der Waals surface area contributed by atoms with E-state index in [-0.39, 0.29) is 12.0 Å². The molecular weight excluding hydrogens is 460 g/mol. The van der Waals surface area contributed by atoms with E-state index in [2.05, 4.69) is 28.1 Å². The number of aliphatic hydroxyl groups is 1. The van der Waals surface area contributed by atoms with Gasteiger partial charge in [-0.05, 0) is 79.6 Å². The van der Waals surface area contributed by atoms with Crippen molar-refractivity contribution in [3.8, 4) is 11.6 Å². The molecule has 35 heavy (non-hydrogen) atoms. The van der Waals surface area contributed by atoms with Gasteiger partial charge in [0.25, 0.3) is 0 Å². The molecule has 0 unspecified atom stereocenters. The van der Waals surface area contributed by atoms with E-state index in [1.54, 1.807) is 12.3 Å². The smallest absolute Gasteiger partial charge is 0.208 e. The summed E-state index contributed by atoms with van der Waals surface area (Å²) in [4.78, 5) is 18.5. The number of likely N-dealkylation sites (tertiary alicyclic amines) is 1. The van der Waals surface area contributed by atoms with Crippen molar-refractivity contribution in [2.75, 3.05) is 26.2 Å². The molecule has 182 valence electrons. The summed E-state index contributed by atoms with van der Waals surface area (Å²) in [6.07, 6.45) is 8.17. The number of aliphatic hydroxyl groups excluding tert-OH is 1. The highest BCUT2D eigenvalue weighted by atomic mass is 35.5. The molecule has 2 aliphatic rings. The van der Waals surface area contributed by atoms with Gasteiger partial charge in [0.15, 0.2) is 5.43 Å². The molecule has 0 aliphatic carbocycles. The van der Waals surface area contributed by atoms with Crippen molar-refractivity contribution in [2.45, 2.75) is 38.0 Å². The maximum absolute atomic E-state index is 12.8. The summed E-state index contributed by atoms with van der Waals surface area (Å²) in [5.74, 6) is 1.83. The van der Waals surface area contributed by atoms with Crippen LogP contribution in [0.15, 0.2) is 65.6 Å². The molecule has 1 aromatic heterocycles. The second-order valence-corrected chi connectivity index (χ2v) is 9.81. The largest absolute Gasteiger partial charge is 0.440 e. The zero-order chi connectivity index (χ0) is 24.2. The lowest BCUT2D eigenvalue weighted by Gasteiger charge is -2.32. The zero-order valence-electron chi connectivity index (χ0n) is 19.8. The number of piperidine rings is 1. The van der Waals surface area contributed by atoms with Gasteiger partial charge < -0.3 is 19.7 Å². The third kappa shape index (κ3) is 5.37. The molecule has 0 radical (unpaired) electrons. The Labute approximate surface area is 211 Å². The minimum absolute atomic E-state index is 0.0368. The molecular formula is C29H31ClN2O3. The molecule has 5 rings (SSSR count). The molecule has 3 heterocycles. The number of hydrogen-bond donors (Lipinski definition) is 2. The minimum Gasteiger partial charge on any atom is -0.440 e. The van der Waals surface area contributed by atoms with Gasteiger partial charge in [0.05, 0.1) is 5.56 Å². The molecule has 2 aromatic carbocycles. The van der Waals surface area contributed by atoms with Crippen LogP contribution in [0.2, 0.25) is 5.02 Å². The maximum atomic E-state index is 12.8. The van der Waals surface area contributed by atoms with Crippen molar-refractivity contribution in [2.24, 2.45) is 0 Å². The summed E-state index contributed by atoms with van der Waals surface area (Å²) in [7, 11) is 0. The number of aromatic nitrogens is 1. The Bertz CT molecular complexity index is 1260. The van der Waals surface area contributed by atoms with Crippen LogP contribution in [0.5, 0.6) is 11.6 Å². The first-order chi connectivity index (χ1) is 17.1. The summed E-state index contributed by atoms with van der Waals surface area (Å²) < 4.78 is 6.16. The standard InChI is InChI=1S/C29H31ClN2O3/c30-24-8-6-20(7-9-24)21-11-16-32(17-12-21)15-2-4-23-19-25-22(13-18-33)3-1-5-27(25)35-29-28(23)26(34)10-14-31-29/h1,3-10,14,21,33H,2,11-13,15-19H2,(H,31,34). The number of allylic oxidation sites excluding steroid dienone is 1. The second kappa shape index (κ2) is 10.8. The van der Waals surface area contributed by atoms with E-state index in [9.17, 15) is 9.90 Å². The van der Waals surface area contributed by atoms with Crippen LogP contribution in [0, 0.1) is 0 Å². The quantitative estimate of drug-likeness (QED) is 0.474. The van der Waals surface area contributed by atoms with E-state index in [0.29, 0.717) is 30.2 Å². The first-order valence-electron chi connectivity index (χ1n) is 12.4. The van der Waals surface area contributed by atoms with Crippen molar-refractivity contribution >= 4 is 17.2 Å². The lowest BCUT2D eigenvalue weighted by Crippen LogP contribution is -2.33. The summed E-state index contributed by atoms with van der Waals surface area (Å²) in [6, 6.07) is 15.7.